The predicted octanol–water partition coefficient (Wildman–Crippen LogP) is 3.54. The van der Waals surface area contributed by atoms with Gasteiger partial charge in [-0.05, 0) is 48.7 Å². The highest BCUT2D eigenvalue weighted by Crippen LogP contribution is 2.28. The number of hydrogen-bond acceptors (Lipinski definition) is 4. The number of rotatable bonds is 2. The molecule has 0 bridgehead atoms. The molecule has 0 spiro atoms. The van der Waals surface area contributed by atoms with Gasteiger partial charge in [0.05, 0.1) is 0 Å². The van der Waals surface area contributed by atoms with Gasteiger partial charge in [-0.25, -0.2) is 9.97 Å². The third-order valence-corrected chi connectivity index (χ3v) is 5.14. The first-order valence-corrected chi connectivity index (χ1v) is 8.98. The van der Waals surface area contributed by atoms with E-state index in [0.717, 1.165) is 42.6 Å². The van der Waals surface area contributed by atoms with Crippen LogP contribution in [0.4, 0.5) is 5.95 Å². The second-order valence-electron chi connectivity index (χ2n) is 6.97. The Morgan fingerprint density at radius 3 is 2.58 bits per heavy atom. The molecule has 26 heavy (non-hydrogen) atoms. The molecule has 1 amide bonds. The van der Waals surface area contributed by atoms with Crippen LogP contribution in [-0.2, 0) is 0 Å². The van der Waals surface area contributed by atoms with Crippen LogP contribution in [0.1, 0.15) is 40.4 Å². The van der Waals surface area contributed by atoms with Gasteiger partial charge in [-0.2, -0.15) is 0 Å². The number of hydrogen-bond donors (Lipinski definition) is 1. The highest BCUT2D eigenvalue weighted by atomic mass is 16.2. The second-order valence-corrected chi connectivity index (χ2v) is 6.97. The Morgan fingerprint density at radius 2 is 1.81 bits per heavy atom. The van der Waals surface area contributed by atoms with Gasteiger partial charge >= 0.3 is 0 Å². The number of piperidine rings is 1. The van der Waals surface area contributed by atoms with Crippen LogP contribution in [0, 0.1) is 6.92 Å². The number of benzene rings is 2. The summed E-state index contributed by atoms with van der Waals surface area (Å²) in [6, 6.07) is 14.2. The van der Waals surface area contributed by atoms with E-state index >= 15 is 0 Å². The highest BCUT2D eigenvalue weighted by Gasteiger charge is 2.25. The van der Waals surface area contributed by atoms with E-state index in [1.807, 2.05) is 29.2 Å². The fourth-order valence-electron chi connectivity index (χ4n) is 3.67. The summed E-state index contributed by atoms with van der Waals surface area (Å²) < 4.78 is 0. The Bertz CT molecular complexity index is 961. The van der Waals surface area contributed by atoms with Crippen LogP contribution in [0.2, 0.25) is 0 Å². The maximum absolute atomic E-state index is 12.9. The van der Waals surface area contributed by atoms with Crippen LogP contribution in [0.3, 0.4) is 0 Å². The smallest absolute Gasteiger partial charge is 0.253 e. The van der Waals surface area contributed by atoms with Crippen LogP contribution in [-0.4, -0.2) is 33.9 Å². The zero-order valence-electron chi connectivity index (χ0n) is 14.9. The summed E-state index contributed by atoms with van der Waals surface area (Å²) in [4.78, 5) is 23.1. The number of aryl methyl sites for hydroxylation is 1. The molecule has 5 nitrogen and oxygen atoms in total. The lowest BCUT2D eigenvalue weighted by Gasteiger charge is -2.31. The maximum Gasteiger partial charge on any atom is 0.253 e. The molecule has 1 saturated heterocycles. The number of amides is 1. The molecule has 0 saturated carbocycles. The number of likely N-dealkylation sites (tertiary alicyclic amines) is 1. The van der Waals surface area contributed by atoms with Gasteiger partial charge in [-0.1, -0.05) is 29.8 Å². The second kappa shape index (κ2) is 6.75. The zero-order valence-corrected chi connectivity index (χ0v) is 14.9. The van der Waals surface area contributed by atoms with E-state index in [-0.39, 0.29) is 5.91 Å². The van der Waals surface area contributed by atoms with Crippen molar-refractivity contribution in [3.8, 4) is 0 Å². The summed E-state index contributed by atoms with van der Waals surface area (Å²) in [5.74, 6) is 0.754. The normalized spacial score (nSPS) is 15.3. The summed E-state index contributed by atoms with van der Waals surface area (Å²) in [6.07, 6.45) is 3.50. The summed E-state index contributed by atoms with van der Waals surface area (Å²) in [5, 5.41) is 2.27. The summed E-state index contributed by atoms with van der Waals surface area (Å²) in [6.45, 7) is 3.55. The Kier molecular flexibility index (Phi) is 4.29. The predicted molar refractivity (Wildman–Crippen MR) is 103 cm³/mol. The van der Waals surface area contributed by atoms with E-state index in [0.29, 0.717) is 11.9 Å². The summed E-state index contributed by atoms with van der Waals surface area (Å²) in [7, 11) is 0. The Morgan fingerprint density at radius 1 is 1.08 bits per heavy atom. The van der Waals surface area contributed by atoms with Crippen LogP contribution >= 0.6 is 0 Å². The van der Waals surface area contributed by atoms with Gasteiger partial charge < -0.3 is 10.6 Å². The van der Waals surface area contributed by atoms with Crippen molar-refractivity contribution < 1.29 is 4.79 Å². The fourth-order valence-corrected chi connectivity index (χ4v) is 3.67. The van der Waals surface area contributed by atoms with E-state index in [9.17, 15) is 4.79 Å². The lowest BCUT2D eigenvalue weighted by molar-refractivity contribution is 0.0712. The molecule has 3 aromatic rings. The minimum Gasteiger partial charge on any atom is -0.368 e. The quantitative estimate of drug-likeness (QED) is 0.770. The van der Waals surface area contributed by atoms with Crippen molar-refractivity contribution in [3.05, 3.63) is 65.5 Å². The third-order valence-electron chi connectivity index (χ3n) is 5.14. The number of nitrogens with two attached hydrogens (primary N) is 1. The minimum absolute atomic E-state index is 0.105. The monoisotopic (exact) mass is 346 g/mol. The summed E-state index contributed by atoms with van der Waals surface area (Å²) in [5.41, 5.74) is 8.64. The molecule has 2 N–H and O–H groups in total. The van der Waals surface area contributed by atoms with Crippen molar-refractivity contribution in [2.24, 2.45) is 0 Å². The SMILES string of the molecule is Cc1ccc2cc(C(=O)N3CCC(c4ccnc(N)n4)CC3)ccc2c1. The molecule has 1 aromatic heterocycles. The topological polar surface area (TPSA) is 72.1 Å². The molecule has 5 heteroatoms. The number of anilines is 1. The Balaban J connectivity index is 1.47. The lowest BCUT2D eigenvalue weighted by Crippen LogP contribution is -2.38. The van der Waals surface area contributed by atoms with Gasteiger partial charge in [0.25, 0.3) is 5.91 Å². The fraction of sp³-hybridized carbons (Fsp3) is 0.286. The van der Waals surface area contributed by atoms with Crippen LogP contribution in [0.25, 0.3) is 10.8 Å². The van der Waals surface area contributed by atoms with Crippen molar-refractivity contribution >= 4 is 22.6 Å². The molecule has 2 heterocycles. The number of nitrogens with zero attached hydrogens (tertiary/aromatic N) is 3. The third kappa shape index (κ3) is 3.25. The summed E-state index contributed by atoms with van der Waals surface area (Å²) >= 11 is 0. The van der Waals surface area contributed by atoms with Crippen molar-refractivity contribution in [2.75, 3.05) is 18.8 Å². The zero-order chi connectivity index (χ0) is 18.1. The van der Waals surface area contributed by atoms with E-state index in [4.69, 9.17) is 5.73 Å². The molecule has 0 aliphatic carbocycles. The molecule has 1 aliphatic rings. The average Bonchev–Trinajstić information content (AvgIpc) is 2.67. The van der Waals surface area contributed by atoms with E-state index in [1.165, 1.54) is 10.9 Å². The average molecular weight is 346 g/mol. The number of carbonyl (C=O) groups is 1. The van der Waals surface area contributed by atoms with Gasteiger partial charge in [-0.3, -0.25) is 4.79 Å². The van der Waals surface area contributed by atoms with Crippen LogP contribution in [0.15, 0.2) is 48.7 Å². The van der Waals surface area contributed by atoms with Gasteiger partial charge in [0.2, 0.25) is 5.95 Å². The molecular weight excluding hydrogens is 324 g/mol. The minimum atomic E-state index is 0.105. The van der Waals surface area contributed by atoms with Crippen LogP contribution in [0.5, 0.6) is 0 Å². The lowest BCUT2D eigenvalue weighted by atomic mass is 9.93. The van der Waals surface area contributed by atoms with Gasteiger partial charge in [0.1, 0.15) is 0 Å². The molecular formula is C21H22N4O. The highest BCUT2D eigenvalue weighted by molar-refractivity contribution is 5.98. The first-order valence-electron chi connectivity index (χ1n) is 8.98. The maximum atomic E-state index is 12.9. The van der Waals surface area contributed by atoms with E-state index in [2.05, 4.69) is 35.1 Å². The van der Waals surface area contributed by atoms with Crippen molar-refractivity contribution in [3.63, 3.8) is 0 Å². The first-order chi connectivity index (χ1) is 12.6. The van der Waals surface area contributed by atoms with Crippen molar-refractivity contribution in [1.82, 2.24) is 14.9 Å². The molecule has 132 valence electrons. The molecule has 1 aliphatic heterocycles. The van der Waals surface area contributed by atoms with Gasteiger partial charge in [-0.15, -0.1) is 0 Å². The van der Waals surface area contributed by atoms with Crippen molar-refractivity contribution in [1.29, 1.82) is 0 Å². The van der Waals surface area contributed by atoms with Crippen molar-refractivity contribution in [2.45, 2.75) is 25.7 Å². The molecule has 1 fully saturated rings. The standard InChI is InChI=1S/C21H22N4O/c1-14-2-3-17-13-18(5-4-16(17)12-14)20(26)25-10-7-15(8-11-25)19-6-9-23-21(22)24-19/h2-6,9,12-13,15H,7-8,10-11H2,1H3,(H2,22,23,24). The first kappa shape index (κ1) is 16.5. The molecule has 0 radical (unpaired) electrons. The largest absolute Gasteiger partial charge is 0.368 e. The number of fused-ring (bicyclic) bond motifs is 1. The van der Waals surface area contributed by atoms with Crippen LogP contribution < -0.4 is 5.73 Å². The van der Waals surface area contributed by atoms with E-state index in [1.54, 1.807) is 6.20 Å². The van der Waals surface area contributed by atoms with E-state index < -0.39 is 0 Å². The Labute approximate surface area is 152 Å². The molecule has 0 unspecified atom stereocenters. The number of carbonyl (C=O) groups excluding carboxylic acids is 1. The molecule has 0 atom stereocenters. The van der Waals surface area contributed by atoms with Gasteiger partial charge in [0.15, 0.2) is 0 Å². The van der Waals surface area contributed by atoms with Gasteiger partial charge in [0, 0.05) is 36.5 Å². The Hall–Kier alpha value is -2.95. The number of nitrogen functional groups attached to an aromatic ring is 1. The molecule has 2 aromatic carbocycles. The number of aromatic nitrogens is 2. The molecule has 4 rings (SSSR count).